The summed E-state index contributed by atoms with van der Waals surface area (Å²) < 4.78 is 11.0. The van der Waals surface area contributed by atoms with Crippen molar-refractivity contribution in [3.63, 3.8) is 0 Å². The topological polar surface area (TPSA) is 96.5 Å². The summed E-state index contributed by atoms with van der Waals surface area (Å²) in [4.78, 5) is 36.0. The van der Waals surface area contributed by atoms with Crippen LogP contribution in [0.15, 0.2) is 30.6 Å². The molecule has 1 unspecified atom stereocenters. The summed E-state index contributed by atoms with van der Waals surface area (Å²) in [6.07, 6.45) is 6.03. The molecular formula is C29H36N4O4. The monoisotopic (exact) mass is 504 g/mol. The fourth-order valence-corrected chi connectivity index (χ4v) is 5.61. The number of likely N-dealkylation sites (tertiary alicyclic amines) is 1. The molecule has 0 bridgehead atoms. The lowest BCUT2D eigenvalue weighted by molar-refractivity contribution is -0.125. The lowest BCUT2D eigenvalue weighted by atomic mass is 9.82. The second-order valence-corrected chi connectivity index (χ2v) is 11.1. The molecule has 1 amide bonds. The molecule has 1 fully saturated rings. The Labute approximate surface area is 217 Å². The molecule has 0 aliphatic carbocycles. The second-order valence-electron chi connectivity index (χ2n) is 11.1. The van der Waals surface area contributed by atoms with Gasteiger partial charge in [-0.1, -0.05) is 6.07 Å². The van der Waals surface area contributed by atoms with E-state index in [1.165, 1.54) is 0 Å². The number of pyridine rings is 1. The van der Waals surface area contributed by atoms with Crippen LogP contribution in [0.3, 0.4) is 0 Å². The number of methoxy groups -OCH3 is 1. The summed E-state index contributed by atoms with van der Waals surface area (Å²) in [5.74, 6) is -0.00898. The van der Waals surface area contributed by atoms with E-state index >= 15 is 0 Å². The van der Waals surface area contributed by atoms with E-state index in [1.807, 2.05) is 38.1 Å². The van der Waals surface area contributed by atoms with Gasteiger partial charge in [-0.15, -0.1) is 0 Å². The number of fused-ring (bicyclic) bond motifs is 2. The predicted octanol–water partition coefficient (Wildman–Crippen LogP) is 5.01. The minimum atomic E-state index is -0.584. The Morgan fingerprint density at radius 1 is 1.19 bits per heavy atom. The van der Waals surface area contributed by atoms with Gasteiger partial charge in [0.1, 0.15) is 17.9 Å². The summed E-state index contributed by atoms with van der Waals surface area (Å²) in [5.41, 5.74) is 6.58. The summed E-state index contributed by atoms with van der Waals surface area (Å²) in [7, 11) is 1.54. The van der Waals surface area contributed by atoms with Crippen LogP contribution in [-0.4, -0.2) is 59.2 Å². The van der Waals surface area contributed by atoms with Gasteiger partial charge < -0.3 is 24.7 Å². The van der Waals surface area contributed by atoms with Gasteiger partial charge >= 0.3 is 6.09 Å². The highest BCUT2D eigenvalue weighted by Crippen LogP contribution is 2.42. The van der Waals surface area contributed by atoms with Gasteiger partial charge in [0.2, 0.25) is 0 Å². The Morgan fingerprint density at radius 3 is 2.76 bits per heavy atom. The minimum Gasteiger partial charge on any atom is -0.444 e. The number of benzene rings is 1. The quantitative estimate of drug-likeness (QED) is 0.507. The number of H-pyrrole nitrogens is 1. The Kier molecular flexibility index (Phi) is 6.81. The molecule has 2 aliphatic rings. The number of aryl methyl sites for hydroxylation is 1. The molecule has 196 valence electrons. The molecule has 37 heavy (non-hydrogen) atoms. The van der Waals surface area contributed by atoms with Gasteiger partial charge in [0.15, 0.2) is 5.78 Å². The van der Waals surface area contributed by atoms with Crippen molar-refractivity contribution in [1.82, 2.24) is 20.2 Å². The van der Waals surface area contributed by atoms with Crippen LogP contribution in [0.25, 0.3) is 22.2 Å². The highest BCUT2D eigenvalue weighted by atomic mass is 16.6. The SMILES string of the molecule is COCC(=O)C1NCCc2cc(-c3cnc4[nH]cc(C)c4c3)cc([C@@H]3CCCN3C(=O)OC(C)(C)C)c21. The number of Topliss-reactive ketones (excluding diaryl/α,β-unsaturated/α-hetero) is 1. The van der Waals surface area contributed by atoms with Crippen LogP contribution in [-0.2, 0) is 20.7 Å². The fraction of sp³-hybridized carbons (Fsp3) is 0.483. The molecule has 0 radical (unpaired) electrons. The third kappa shape index (κ3) is 5.00. The van der Waals surface area contributed by atoms with E-state index in [4.69, 9.17) is 9.47 Å². The number of aromatic nitrogens is 2. The van der Waals surface area contributed by atoms with E-state index in [9.17, 15) is 9.59 Å². The number of aromatic amines is 1. The molecule has 2 N–H and O–H groups in total. The van der Waals surface area contributed by atoms with Crippen LogP contribution >= 0.6 is 0 Å². The van der Waals surface area contributed by atoms with Gasteiger partial charge in [-0.25, -0.2) is 9.78 Å². The number of nitrogens with zero attached hydrogens (tertiary/aromatic N) is 2. The molecule has 1 saturated heterocycles. The summed E-state index contributed by atoms with van der Waals surface area (Å²) in [5, 5.41) is 4.50. The van der Waals surface area contributed by atoms with Crippen molar-refractivity contribution in [3.05, 3.63) is 52.8 Å². The van der Waals surface area contributed by atoms with Crippen LogP contribution in [0.4, 0.5) is 4.79 Å². The fourth-order valence-electron chi connectivity index (χ4n) is 5.61. The molecule has 2 atom stereocenters. The summed E-state index contributed by atoms with van der Waals surface area (Å²) in [6.45, 7) is 9.07. The maximum atomic E-state index is 13.2. The number of carbonyl (C=O) groups excluding carboxylic acids is 2. The van der Waals surface area contributed by atoms with Crippen molar-refractivity contribution >= 4 is 22.9 Å². The van der Waals surface area contributed by atoms with Gasteiger partial charge in [0.25, 0.3) is 0 Å². The van der Waals surface area contributed by atoms with Crippen LogP contribution in [0, 0.1) is 6.92 Å². The highest BCUT2D eigenvalue weighted by molar-refractivity contribution is 5.89. The van der Waals surface area contributed by atoms with Crippen molar-refractivity contribution in [2.24, 2.45) is 0 Å². The van der Waals surface area contributed by atoms with Crippen molar-refractivity contribution < 1.29 is 19.1 Å². The Bertz CT molecular complexity index is 1340. The molecule has 5 rings (SSSR count). The number of ketones is 1. The maximum Gasteiger partial charge on any atom is 0.410 e. The average Bonchev–Trinajstić information content (AvgIpc) is 3.49. The molecule has 1 aromatic carbocycles. The number of amides is 1. The van der Waals surface area contributed by atoms with E-state index in [-0.39, 0.29) is 24.5 Å². The Morgan fingerprint density at radius 2 is 2.00 bits per heavy atom. The number of nitrogens with one attached hydrogen (secondary N) is 2. The number of ether oxygens (including phenoxy) is 2. The molecule has 3 aromatic rings. The lowest BCUT2D eigenvalue weighted by Crippen LogP contribution is -2.40. The Balaban J connectivity index is 1.65. The zero-order chi connectivity index (χ0) is 26.3. The first-order chi connectivity index (χ1) is 17.7. The molecular weight excluding hydrogens is 468 g/mol. The summed E-state index contributed by atoms with van der Waals surface area (Å²) in [6, 6.07) is 5.85. The largest absolute Gasteiger partial charge is 0.444 e. The van der Waals surface area contributed by atoms with Crippen LogP contribution in [0.1, 0.15) is 68.0 Å². The van der Waals surface area contributed by atoms with Gasteiger partial charge in [-0.05, 0) is 86.9 Å². The molecule has 2 aliphatic heterocycles. The molecule has 0 saturated carbocycles. The first-order valence-corrected chi connectivity index (χ1v) is 13.0. The van der Waals surface area contributed by atoms with Gasteiger partial charge in [0.05, 0.1) is 12.1 Å². The smallest absolute Gasteiger partial charge is 0.410 e. The normalized spacial score (nSPS) is 19.8. The number of rotatable bonds is 5. The van der Waals surface area contributed by atoms with Gasteiger partial charge in [0, 0.05) is 43.5 Å². The highest BCUT2D eigenvalue weighted by Gasteiger charge is 2.38. The van der Waals surface area contributed by atoms with Crippen LogP contribution in [0.5, 0.6) is 0 Å². The van der Waals surface area contributed by atoms with E-state index in [1.54, 1.807) is 7.11 Å². The van der Waals surface area contributed by atoms with E-state index in [0.717, 1.165) is 63.7 Å². The van der Waals surface area contributed by atoms with Crippen molar-refractivity contribution in [2.45, 2.75) is 64.6 Å². The summed E-state index contributed by atoms with van der Waals surface area (Å²) >= 11 is 0. The third-order valence-electron chi connectivity index (χ3n) is 7.25. The average molecular weight is 505 g/mol. The van der Waals surface area contributed by atoms with Crippen LogP contribution in [0.2, 0.25) is 0 Å². The van der Waals surface area contributed by atoms with E-state index in [0.29, 0.717) is 13.1 Å². The lowest BCUT2D eigenvalue weighted by Gasteiger charge is -2.34. The Hall–Kier alpha value is -3.23. The number of hydrogen-bond acceptors (Lipinski definition) is 6. The predicted molar refractivity (Wildman–Crippen MR) is 143 cm³/mol. The van der Waals surface area contributed by atoms with Crippen LogP contribution < -0.4 is 5.32 Å². The first-order valence-electron chi connectivity index (χ1n) is 13.0. The standard InChI is InChI=1S/C29H36N4O4/c1-17-14-31-27-21(17)13-20(15-32-27)19-11-18-8-9-30-26(24(34)16-36-5)25(18)22(12-19)23-7-6-10-33(23)28(35)37-29(2,3)4/h11-15,23,26,30H,6-10,16H2,1-5H3,(H,31,32)/t23-,26?/m0/s1. The van der Waals surface area contributed by atoms with Gasteiger partial charge in [-0.3, -0.25) is 4.79 Å². The number of carbonyl (C=O) groups is 2. The van der Waals surface area contributed by atoms with Crippen molar-refractivity contribution in [1.29, 1.82) is 0 Å². The second kappa shape index (κ2) is 9.91. The first kappa shape index (κ1) is 25.4. The maximum absolute atomic E-state index is 13.2. The van der Waals surface area contributed by atoms with Gasteiger partial charge in [-0.2, -0.15) is 0 Å². The molecule has 8 nitrogen and oxygen atoms in total. The molecule has 2 aromatic heterocycles. The van der Waals surface area contributed by atoms with E-state index < -0.39 is 11.6 Å². The zero-order valence-electron chi connectivity index (χ0n) is 22.3. The third-order valence-corrected chi connectivity index (χ3v) is 7.25. The van der Waals surface area contributed by atoms with Crippen molar-refractivity contribution in [3.8, 4) is 11.1 Å². The number of hydrogen-bond donors (Lipinski definition) is 2. The van der Waals surface area contributed by atoms with E-state index in [2.05, 4.69) is 40.4 Å². The molecule has 8 heteroatoms. The molecule has 4 heterocycles. The zero-order valence-corrected chi connectivity index (χ0v) is 22.3. The van der Waals surface area contributed by atoms with Crippen molar-refractivity contribution in [2.75, 3.05) is 26.8 Å². The molecule has 0 spiro atoms. The minimum absolute atomic E-state index is 0.00898.